The molecule has 3 rings (SSSR count). The molecule has 96 valence electrons. The van der Waals surface area contributed by atoms with Crippen LogP contribution in [0, 0.1) is 0 Å². The van der Waals surface area contributed by atoms with Crippen LogP contribution in [0.2, 0.25) is 0 Å². The van der Waals surface area contributed by atoms with E-state index in [1.165, 1.54) is 5.69 Å². The van der Waals surface area contributed by atoms with E-state index in [2.05, 4.69) is 38.4 Å². The van der Waals surface area contributed by atoms with E-state index in [9.17, 15) is 0 Å². The van der Waals surface area contributed by atoms with E-state index in [1.807, 2.05) is 12.4 Å². The van der Waals surface area contributed by atoms with Crippen molar-refractivity contribution in [2.75, 3.05) is 19.6 Å². The van der Waals surface area contributed by atoms with Crippen molar-refractivity contribution in [3.8, 4) is 0 Å². The van der Waals surface area contributed by atoms with Crippen LogP contribution in [0.25, 0.3) is 5.65 Å². The van der Waals surface area contributed by atoms with Crippen molar-refractivity contribution in [2.24, 2.45) is 0 Å². The number of aromatic nitrogens is 3. The van der Waals surface area contributed by atoms with Gasteiger partial charge in [-0.2, -0.15) is 0 Å². The summed E-state index contributed by atoms with van der Waals surface area (Å²) in [4.78, 5) is 10.9. The molecule has 5 heteroatoms. The molecule has 0 aliphatic carbocycles. The van der Waals surface area contributed by atoms with Gasteiger partial charge in [0.2, 0.25) is 0 Å². The van der Waals surface area contributed by atoms with Gasteiger partial charge in [-0.05, 0) is 13.8 Å². The van der Waals surface area contributed by atoms with Crippen molar-refractivity contribution < 1.29 is 0 Å². The molecule has 0 saturated carbocycles. The number of fused-ring (bicyclic) bond motifs is 1. The molecule has 0 unspecified atom stereocenters. The Morgan fingerprint density at radius 1 is 1.39 bits per heavy atom. The molecular formula is C13H19N5. The molecule has 0 radical (unpaired) electrons. The molecular weight excluding hydrogens is 226 g/mol. The fourth-order valence-corrected chi connectivity index (χ4v) is 2.62. The average Bonchev–Trinajstić information content (AvgIpc) is 2.72. The summed E-state index contributed by atoms with van der Waals surface area (Å²) in [6.07, 6.45) is 7.53. The second kappa shape index (κ2) is 4.33. The maximum absolute atomic E-state index is 4.38. The molecule has 0 bridgehead atoms. The van der Waals surface area contributed by atoms with Crippen molar-refractivity contribution in [1.82, 2.24) is 24.6 Å². The van der Waals surface area contributed by atoms with E-state index < -0.39 is 0 Å². The van der Waals surface area contributed by atoms with Crippen LogP contribution in [0.1, 0.15) is 19.5 Å². The lowest BCUT2D eigenvalue weighted by atomic mass is 10.0. The molecule has 0 amide bonds. The van der Waals surface area contributed by atoms with Crippen LogP contribution in [0.4, 0.5) is 0 Å². The van der Waals surface area contributed by atoms with Gasteiger partial charge in [0.1, 0.15) is 0 Å². The summed E-state index contributed by atoms with van der Waals surface area (Å²) in [5.41, 5.74) is 2.34. The first-order chi connectivity index (χ1) is 8.64. The van der Waals surface area contributed by atoms with E-state index in [4.69, 9.17) is 0 Å². The van der Waals surface area contributed by atoms with E-state index in [0.717, 1.165) is 31.8 Å². The smallest absolute Gasteiger partial charge is 0.155 e. The summed E-state index contributed by atoms with van der Waals surface area (Å²) >= 11 is 0. The van der Waals surface area contributed by atoms with Gasteiger partial charge in [0.05, 0.1) is 18.1 Å². The largest absolute Gasteiger partial charge is 0.309 e. The molecule has 18 heavy (non-hydrogen) atoms. The van der Waals surface area contributed by atoms with Gasteiger partial charge in [-0.15, -0.1) is 0 Å². The van der Waals surface area contributed by atoms with Gasteiger partial charge in [-0.1, -0.05) is 0 Å². The molecule has 2 aromatic rings. The Hall–Kier alpha value is -1.46. The lowest BCUT2D eigenvalue weighted by Gasteiger charge is -2.39. The Kier molecular flexibility index (Phi) is 2.80. The molecule has 2 aromatic heterocycles. The van der Waals surface area contributed by atoms with Gasteiger partial charge in [0.15, 0.2) is 5.65 Å². The van der Waals surface area contributed by atoms with Crippen LogP contribution in [0.3, 0.4) is 0 Å². The van der Waals surface area contributed by atoms with E-state index in [-0.39, 0.29) is 5.54 Å². The zero-order valence-corrected chi connectivity index (χ0v) is 10.9. The van der Waals surface area contributed by atoms with E-state index in [0.29, 0.717) is 0 Å². The van der Waals surface area contributed by atoms with Crippen LogP contribution >= 0.6 is 0 Å². The number of nitrogens with one attached hydrogen (secondary N) is 1. The first-order valence-corrected chi connectivity index (χ1v) is 6.37. The first-order valence-electron chi connectivity index (χ1n) is 6.37. The van der Waals surface area contributed by atoms with Crippen LogP contribution in [0.15, 0.2) is 24.8 Å². The van der Waals surface area contributed by atoms with Gasteiger partial charge in [0.25, 0.3) is 0 Å². The van der Waals surface area contributed by atoms with Gasteiger partial charge in [-0.3, -0.25) is 14.3 Å². The molecule has 5 nitrogen and oxygen atoms in total. The fraction of sp³-hybridized carbons (Fsp3) is 0.538. The number of imidazole rings is 1. The maximum Gasteiger partial charge on any atom is 0.155 e. The highest BCUT2D eigenvalue weighted by atomic mass is 15.2. The zero-order chi connectivity index (χ0) is 12.6. The van der Waals surface area contributed by atoms with Gasteiger partial charge in [0, 0.05) is 44.1 Å². The Bertz CT molecular complexity index is 545. The standard InChI is InChI=1S/C13H19N5/c1-13(2)10-17(5-4-16-13)9-11-7-15-12-8-14-3-6-18(11)12/h3,6-8,16H,4-5,9-10H2,1-2H3. The minimum absolute atomic E-state index is 0.195. The molecule has 3 heterocycles. The highest BCUT2D eigenvalue weighted by Crippen LogP contribution is 2.14. The number of piperazine rings is 1. The van der Waals surface area contributed by atoms with Crippen molar-refractivity contribution in [1.29, 1.82) is 0 Å². The molecule has 1 fully saturated rings. The lowest BCUT2D eigenvalue weighted by molar-refractivity contribution is 0.146. The van der Waals surface area contributed by atoms with Crippen LogP contribution in [-0.4, -0.2) is 44.4 Å². The van der Waals surface area contributed by atoms with E-state index >= 15 is 0 Å². The molecule has 0 aromatic carbocycles. The van der Waals surface area contributed by atoms with Crippen LogP contribution < -0.4 is 5.32 Å². The maximum atomic E-state index is 4.38. The topological polar surface area (TPSA) is 45.5 Å². The minimum atomic E-state index is 0.195. The summed E-state index contributed by atoms with van der Waals surface area (Å²) in [7, 11) is 0. The van der Waals surface area contributed by atoms with Crippen molar-refractivity contribution in [2.45, 2.75) is 25.9 Å². The van der Waals surface area contributed by atoms with Crippen LogP contribution in [-0.2, 0) is 6.54 Å². The normalized spacial score (nSPS) is 20.3. The second-order valence-corrected chi connectivity index (χ2v) is 5.58. The predicted octanol–water partition coefficient (Wildman–Crippen LogP) is 0.913. The minimum Gasteiger partial charge on any atom is -0.309 e. The van der Waals surface area contributed by atoms with Crippen molar-refractivity contribution in [3.05, 3.63) is 30.5 Å². The third kappa shape index (κ3) is 2.23. The lowest BCUT2D eigenvalue weighted by Crippen LogP contribution is -2.56. The quantitative estimate of drug-likeness (QED) is 0.854. The molecule has 1 aliphatic heterocycles. The molecule has 1 saturated heterocycles. The molecule has 0 spiro atoms. The number of hydrogen-bond acceptors (Lipinski definition) is 4. The summed E-state index contributed by atoms with van der Waals surface area (Å²) in [6.45, 7) is 8.63. The Labute approximate surface area is 107 Å². The summed E-state index contributed by atoms with van der Waals surface area (Å²) in [5.74, 6) is 0. The average molecular weight is 245 g/mol. The number of nitrogens with zero attached hydrogens (tertiary/aromatic N) is 4. The highest BCUT2D eigenvalue weighted by molar-refractivity contribution is 5.36. The number of rotatable bonds is 2. The van der Waals surface area contributed by atoms with E-state index in [1.54, 1.807) is 12.4 Å². The molecule has 1 aliphatic rings. The molecule has 0 atom stereocenters. The van der Waals surface area contributed by atoms with Gasteiger partial charge < -0.3 is 5.32 Å². The Morgan fingerprint density at radius 3 is 3.11 bits per heavy atom. The van der Waals surface area contributed by atoms with Crippen LogP contribution in [0.5, 0.6) is 0 Å². The third-order valence-corrected chi connectivity index (χ3v) is 3.43. The summed E-state index contributed by atoms with van der Waals surface area (Å²) < 4.78 is 2.11. The Balaban J connectivity index is 1.80. The third-order valence-electron chi connectivity index (χ3n) is 3.43. The summed E-state index contributed by atoms with van der Waals surface area (Å²) in [5, 5.41) is 3.53. The number of hydrogen-bond donors (Lipinski definition) is 1. The first kappa shape index (κ1) is 11.6. The molecule has 1 N–H and O–H groups in total. The van der Waals surface area contributed by atoms with Crippen molar-refractivity contribution >= 4 is 5.65 Å². The van der Waals surface area contributed by atoms with Gasteiger partial charge >= 0.3 is 0 Å². The SMILES string of the molecule is CC1(C)CN(Cc2cnc3cnccn23)CCN1. The zero-order valence-electron chi connectivity index (χ0n) is 10.9. The fourth-order valence-electron chi connectivity index (χ4n) is 2.62. The second-order valence-electron chi connectivity index (χ2n) is 5.58. The van der Waals surface area contributed by atoms with Gasteiger partial charge in [-0.25, -0.2) is 4.98 Å². The van der Waals surface area contributed by atoms with Crippen molar-refractivity contribution in [3.63, 3.8) is 0 Å². The highest BCUT2D eigenvalue weighted by Gasteiger charge is 2.25. The summed E-state index contributed by atoms with van der Waals surface area (Å²) in [6, 6.07) is 0. The monoisotopic (exact) mass is 245 g/mol. The predicted molar refractivity (Wildman–Crippen MR) is 70.3 cm³/mol. The Morgan fingerprint density at radius 2 is 2.28 bits per heavy atom.